The molecule has 2 aromatic rings. The third-order valence-electron chi connectivity index (χ3n) is 3.68. The molecule has 1 saturated carbocycles. The predicted molar refractivity (Wildman–Crippen MR) is 69.3 cm³/mol. The van der Waals surface area contributed by atoms with Gasteiger partial charge in [-0.1, -0.05) is 18.2 Å². The van der Waals surface area contributed by atoms with Gasteiger partial charge in [-0.3, -0.25) is 4.79 Å². The SMILES string of the molecule is NC1(CNC(=O)c2coc3ccccc23)CCC1. The van der Waals surface area contributed by atoms with Gasteiger partial charge in [0.15, 0.2) is 0 Å². The van der Waals surface area contributed by atoms with Crippen molar-refractivity contribution in [2.75, 3.05) is 6.54 Å². The standard InChI is InChI=1S/C14H16N2O2/c15-14(6-3-7-14)9-16-13(17)11-8-18-12-5-2-1-4-10(11)12/h1-2,4-5,8H,3,6-7,9,15H2,(H,16,17). The van der Waals surface area contributed by atoms with Crippen LogP contribution in [0.15, 0.2) is 34.9 Å². The third-order valence-corrected chi connectivity index (χ3v) is 3.68. The van der Waals surface area contributed by atoms with Crippen LogP contribution in [0, 0.1) is 0 Å². The normalized spacial score (nSPS) is 17.4. The fourth-order valence-corrected chi connectivity index (χ4v) is 2.31. The topological polar surface area (TPSA) is 68.3 Å². The average molecular weight is 244 g/mol. The van der Waals surface area contributed by atoms with Crippen molar-refractivity contribution < 1.29 is 9.21 Å². The highest BCUT2D eigenvalue weighted by atomic mass is 16.3. The highest BCUT2D eigenvalue weighted by Crippen LogP contribution is 2.28. The number of rotatable bonds is 3. The van der Waals surface area contributed by atoms with Crippen LogP contribution < -0.4 is 11.1 Å². The number of furan rings is 1. The maximum absolute atomic E-state index is 12.1. The first-order chi connectivity index (χ1) is 8.68. The minimum absolute atomic E-state index is 0.114. The van der Waals surface area contributed by atoms with E-state index in [9.17, 15) is 4.79 Å². The van der Waals surface area contributed by atoms with Crippen LogP contribution in [0.2, 0.25) is 0 Å². The molecule has 1 aromatic carbocycles. The molecular formula is C14H16N2O2. The lowest BCUT2D eigenvalue weighted by Gasteiger charge is -2.38. The molecule has 18 heavy (non-hydrogen) atoms. The Labute approximate surface area is 105 Å². The number of hydrogen-bond acceptors (Lipinski definition) is 3. The molecule has 1 aliphatic rings. The largest absolute Gasteiger partial charge is 0.463 e. The molecule has 4 heteroatoms. The first-order valence-electron chi connectivity index (χ1n) is 6.21. The van der Waals surface area contributed by atoms with Gasteiger partial charge in [0.1, 0.15) is 11.8 Å². The molecule has 0 saturated heterocycles. The van der Waals surface area contributed by atoms with Gasteiger partial charge in [-0.05, 0) is 25.3 Å². The number of amides is 1. The van der Waals surface area contributed by atoms with E-state index in [1.54, 1.807) is 0 Å². The molecular weight excluding hydrogens is 228 g/mol. The number of nitrogens with two attached hydrogens (primary N) is 1. The second-order valence-electron chi connectivity index (χ2n) is 5.04. The summed E-state index contributed by atoms with van der Waals surface area (Å²) in [5.41, 5.74) is 7.19. The van der Waals surface area contributed by atoms with Gasteiger partial charge in [-0.25, -0.2) is 0 Å². The van der Waals surface area contributed by atoms with Gasteiger partial charge < -0.3 is 15.5 Å². The number of para-hydroxylation sites is 1. The molecule has 4 nitrogen and oxygen atoms in total. The summed E-state index contributed by atoms with van der Waals surface area (Å²) >= 11 is 0. The second kappa shape index (κ2) is 4.14. The molecule has 1 heterocycles. The molecule has 3 rings (SSSR count). The van der Waals surface area contributed by atoms with Gasteiger partial charge >= 0.3 is 0 Å². The summed E-state index contributed by atoms with van der Waals surface area (Å²) in [5.74, 6) is -0.114. The van der Waals surface area contributed by atoms with Crippen molar-refractivity contribution >= 4 is 16.9 Å². The monoisotopic (exact) mass is 244 g/mol. The number of carbonyl (C=O) groups excluding carboxylic acids is 1. The third kappa shape index (κ3) is 1.88. The van der Waals surface area contributed by atoms with E-state index in [2.05, 4.69) is 5.32 Å². The number of benzene rings is 1. The summed E-state index contributed by atoms with van der Waals surface area (Å²) in [6.45, 7) is 0.533. The smallest absolute Gasteiger partial charge is 0.255 e. The Bertz CT molecular complexity index is 584. The summed E-state index contributed by atoms with van der Waals surface area (Å²) < 4.78 is 5.35. The van der Waals surface area contributed by atoms with Crippen LogP contribution in [-0.2, 0) is 0 Å². The number of hydrogen-bond donors (Lipinski definition) is 2. The van der Waals surface area contributed by atoms with Gasteiger partial charge in [0.2, 0.25) is 0 Å². The first-order valence-corrected chi connectivity index (χ1v) is 6.21. The zero-order valence-corrected chi connectivity index (χ0v) is 10.1. The van der Waals surface area contributed by atoms with Crippen molar-refractivity contribution in [3.8, 4) is 0 Å². The van der Waals surface area contributed by atoms with Gasteiger partial charge in [0, 0.05) is 17.5 Å². The fraction of sp³-hybridized carbons (Fsp3) is 0.357. The average Bonchev–Trinajstić information content (AvgIpc) is 2.77. The quantitative estimate of drug-likeness (QED) is 0.868. The van der Waals surface area contributed by atoms with E-state index in [1.807, 2.05) is 24.3 Å². The van der Waals surface area contributed by atoms with E-state index < -0.39 is 0 Å². The van der Waals surface area contributed by atoms with E-state index in [-0.39, 0.29) is 11.4 Å². The fourth-order valence-electron chi connectivity index (χ4n) is 2.31. The zero-order valence-electron chi connectivity index (χ0n) is 10.1. The molecule has 0 spiro atoms. The summed E-state index contributed by atoms with van der Waals surface area (Å²) in [5, 5.41) is 3.74. The summed E-state index contributed by atoms with van der Waals surface area (Å²) in [4.78, 5) is 12.1. The van der Waals surface area contributed by atoms with Crippen LogP contribution in [0.3, 0.4) is 0 Å². The van der Waals surface area contributed by atoms with Crippen molar-refractivity contribution in [2.45, 2.75) is 24.8 Å². The van der Waals surface area contributed by atoms with Crippen molar-refractivity contribution in [3.63, 3.8) is 0 Å². The van der Waals surface area contributed by atoms with Crippen molar-refractivity contribution in [2.24, 2.45) is 5.73 Å². The van der Waals surface area contributed by atoms with Crippen LogP contribution in [0.5, 0.6) is 0 Å². The summed E-state index contributed by atoms with van der Waals surface area (Å²) in [7, 11) is 0. The highest BCUT2D eigenvalue weighted by Gasteiger charge is 2.32. The number of fused-ring (bicyclic) bond motifs is 1. The molecule has 3 N–H and O–H groups in total. The lowest BCUT2D eigenvalue weighted by atomic mass is 9.78. The Balaban J connectivity index is 1.75. The second-order valence-corrected chi connectivity index (χ2v) is 5.04. The molecule has 0 radical (unpaired) electrons. The Morgan fingerprint density at radius 2 is 2.17 bits per heavy atom. The van der Waals surface area contributed by atoms with Crippen LogP contribution in [0.1, 0.15) is 29.6 Å². The molecule has 0 bridgehead atoms. The maximum atomic E-state index is 12.1. The van der Waals surface area contributed by atoms with Gasteiger partial charge in [-0.15, -0.1) is 0 Å². The number of nitrogens with one attached hydrogen (secondary N) is 1. The van der Waals surface area contributed by atoms with E-state index >= 15 is 0 Å². The van der Waals surface area contributed by atoms with E-state index in [0.717, 1.165) is 30.2 Å². The molecule has 1 amide bonds. The molecule has 1 aliphatic carbocycles. The highest BCUT2D eigenvalue weighted by molar-refractivity contribution is 6.05. The van der Waals surface area contributed by atoms with Crippen molar-refractivity contribution in [1.82, 2.24) is 5.32 Å². The summed E-state index contributed by atoms with van der Waals surface area (Å²) in [6, 6.07) is 7.51. The van der Waals surface area contributed by atoms with Crippen molar-refractivity contribution in [1.29, 1.82) is 0 Å². The van der Waals surface area contributed by atoms with Gasteiger partial charge in [0.05, 0.1) is 5.56 Å². The zero-order chi connectivity index (χ0) is 12.6. The minimum atomic E-state index is -0.199. The Hall–Kier alpha value is -1.81. The van der Waals surface area contributed by atoms with Crippen LogP contribution in [0.4, 0.5) is 0 Å². The van der Waals surface area contributed by atoms with Crippen LogP contribution in [-0.4, -0.2) is 18.0 Å². The minimum Gasteiger partial charge on any atom is -0.463 e. The first kappa shape index (κ1) is 11.3. The molecule has 1 fully saturated rings. The molecule has 0 unspecified atom stereocenters. The van der Waals surface area contributed by atoms with E-state index in [0.29, 0.717) is 12.1 Å². The number of carbonyl (C=O) groups is 1. The Morgan fingerprint density at radius 1 is 1.39 bits per heavy atom. The summed E-state index contributed by atoms with van der Waals surface area (Å²) in [6.07, 6.45) is 4.63. The van der Waals surface area contributed by atoms with E-state index in [1.165, 1.54) is 6.26 Å². The molecule has 0 aliphatic heterocycles. The Morgan fingerprint density at radius 3 is 2.89 bits per heavy atom. The molecule has 0 atom stereocenters. The maximum Gasteiger partial charge on any atom is 0.255 e. The van der Waals surface area contributed by atoms with Gasteiger partial charge in [0.25, 0.3) is 5.91 Å². The van der Waals surface area contributed by atoms with Crippen LogP contribution in [0.25, 0.3) is 11.0 Å². The lowest BCUT2D eigenvalue weighted by molar-refractivity contribution is 0.0930. The van der Waals surface area contributed by atoms with Crippen LogP contribution >= 0.6 is 0 Å². The molecule has 94 valence electrons. The Kier molecular flexibility index (Phi) is 2.59. The lowest BCUT2D eigenvalue weighted by Crippen LogP contribution is -2.54. The predicted octanol–water partition coefficient (Wildman–Crippen LogP) is 2.04. The van der Waals surface area contributed by atoms with Gasteiger partial charge in [-0.2, -0.15) is 0 Å². The van der Waals surface area contributed by atoms with Crippen molar-refractivity contribution in [3.05, 3.63) is 36.1 Å². The molecule has 1 aromatic heterocycles. The van der Waals surface area contributed by atoms with E-state index in [4.69, 9.17) is 10.2 Å².